The van der Waals surface area contributed by atoms with Gasteiger partial charge in [-0.15, -0.1) is 0 Å². The molecule has 0 saturated heterocycles. The lowest BCUT2D eigenvalue weighted by Crippen LogP contribution is -2.35. The van der Waals surface area contributed by atoms with Gasteiger partial charge >= 0.3 is 11.9 Å². The fourth-order valence-electron chi connectivity index (χ4n) is 3.62. The second-order valence-corrected chi connectivity index (χ2v) is 8.29. The lowest BCUT2D eigenvalue weighted by Gasteiger charge is -2.31. The van der Waals surface area contributed by atoms with Gasteiger partial charge in [0.15, 0.2) is 0 Å². The van der Waals surface area contributed by atoms with E-state index >= 15 is 0 Å². The number of allylic oxidation sites excluding steroid dienone is 1. The molecule has 3 N–H and O–H groups in total. The molecule has 0 saturated carbocycles. The van der Waals surface area contributed by atoms with Gasteiger partial charge in [0.05, 0.1) is 53.1 Å². The molecule has 1 aromatic rings. The summed E-state index contributed by atoms with van der Waals surface area (Å²) in [6, 6.07) is 5.06. The molecule has 0 unspecified atom stereocenters. The molecule has 0 aromatic heterocycles. The monoisotopic (exact) mass is 514 g/mol. The molecule has 0 spiro atoms. The van der Waals surface area contributed by atoms with E-state index in [0.29, 0.717) is 54.8 Å². The van der Waals surface area contributed by atoms with Crippen molar-refractivity contribution in [1.82, 2.24) is 5.32 Å². The molecule has 0 radical (unpaired) electrons. The summed E-state index contributed by atoms with van der Waals surface area (Å²) in [6.45, 7) is 5.84. The largest absolute Gasteiger partial charge is 0.466 e. The van der Waals surface area contributed by atoms with Gasteiger partial charge < -0.3 is 30.0 Å². The Morgan fingerprint density at radius 3 is 2.44 bits per heavy atom. The Kier molecular flexibility index (Phi) is 11.9. The lowest BCUT2D eigenvalue weighted by atomic mass is 9.80. The maximum atomic E-state index is 13.1. The molecular formula is C24H32Cl2N2O6. The minimum absolute atomic E-state index is 0.0947. The van der Waals surface area contributed by atoms with Gasteiger partial charge in [-0.25, -0.2) is 9.59 Å². The van der Waals surface area contributed by atoms with Crippen molar-refractivity contribution in [2.75, 3.05) is 46.7 Å². The number of ether oxygens (including phenoxy) is 4. The van der Waals surface area contributed by atoms with Gasteiger partial charge in [-0.1, -0.05) is 35.3 Å². The van der Waals surface area contributed by atoms with Gasteiger partial charge in [0, 0.05) is 25.5 Å². The second-order valence-electron chi connectivity index (χ2n) is 7.50. The number of dihydropyridines is 1. The number of nitrogens with one attached hydrogen (secondary N) is 1. The van der Waals surface area contributed by atoms with Crippen LogP contribution in [0.1, 0.15) is 38.2 Å². The van der Waals surface area contributed by atoms with Crippen molar-refractivity contribution < 1.29 is 28.5 Å². The summed E-state index contributed by atoms with van der Waals surface area (Å²) >= 11 is 12.8. The average molecular weight is 515 g/mol. The third-order valence-electron chi connectivity index (χ3n) is 5.15. The zero-order valence-electron chi connectivity index (χ0n) is 19.7. The highest BCUT2D eigenvalue weighted by Crippen LogP contribution is 2.43. The molecule has 34 heavy (non-hydrogen) atoms. The summed E-state index contributed by atoms with van der Waals surface area (Å²) in [4.78, 5) is 25.9. The summed E-state index contributed by atoms with van der Waals surface area (Å²) in [7, 11) is 1.28. The van der Waals surface area contributed by atoms with Crippen molar-refractivity contribution in [1.29, 1.82) is 0 Å². The van der Waals surface area contributed by atoms with Gasteiger partial charge in [0.25, 0.3) is 0 Å². The van der Waals surface area contributed by atoms with E-state index in [-0.39, 0.29) is 29.4 Å². The fourth-order valence-corrected chi connectivity index (χ4v) is 4.04. The van der Waals surface area contributed by atoms with E-state index in [1.807, 2.05) is 0 Å². The second kappa shape index (κ2) is 14.3. The van der Waals surface area contributed by atoms with Crippen LogP contribution in [0.25, 0.3) is 0 Å². The maximum Gasteiger partial charge on any atom is 0.336 e. The first-order valence-electron chi connectivity index (χ1n) is 11.1. The number of carbonyl (C=O) groups excluding carboxylic acids is 2. The molecule has 0 aliphatic carbocycles. The molecule has 1 heterocycles. The van der Waals surface area contributed by atoms with Gasteiger partial charge in [-0.3, -0.25) is 0 Å². The molecule has 8 nitrogen and oxygen atoms in total. The minimum atomic E-state index is -0.850. The first kappa shape index (κ1) is 28.1. The number of carbonyl (C=O) groups is 2. The zero-order chi connectivity index (χ0) is 25.1. The van der Waals surface area contributed by atoms with Crippen LogP contribution in [0.15, 0.2) is 40.7 Å². The Labute approximate surface area is 210 Å². The summed E-state index contributed by atoms with van der Waals surface area (Å²) in [5.74, 6) is -2.03. The van der Waals surface area contributed by atoms with Crippen molar-refractivity contribution in [2.24, 2.45) is 5.73 Å². The quantitative estimate of drug-likeness (QED) is 0.302. The Balaban J connectivity index is 2.39. The average Bonchev–Trinajstić information content (AvgIpc) is 2.81. The number of nitrogens with two attached hydrogens (primary N) is 1. The molecule has 1 aliphatic heterocycles. The summed E-state index contributed by atoms with van der Waals surface area (Å²) in [6.07, 6.45) is 1.49. The van der Waals surface area contributed by atoms with Crippen LogP contribution in [0.3, 0.4) is 0 Å². The molecule has 10 heteroatoms. The summed E-state index contributed by atoms with van der Waals surface area (Å²) in [5, 5.41) is 3.67. The smallest absolute Gasteiger partial charge is 0.336 e. The van der Waals surface area contributed by atoms with E-state index in [1.54, 1.807) is 32.0 Å². The van der Waals surface area contributed by atoms with E-state index in [4.69, 9.17) is 47.9 Å². The molecular weight excluding hydrogens is 483 g/mol. The van der Waals surface area contributed by atoms with Crippen LogP contribution in [0.5, 0.6) is 0 Å². The SMILES string of the molecule is CCOC(=O)C1=C(COCCCOCCCN)NC(C)=C(C(=O)OC)[C@H]1c1cccc(Cl)c1Cl. The zero-order valence-corrected chi connectivity index (χ0v) is 21.3. The Morgan fingerprint density at radius 1 is 1.06 bits per heavy atom. The highest BCUT2D eigenvalue weighted by Gasteiger charge is 2.40. The molecule has 0 fully saturated rings. The van der Waals surface area contributed by atoms with Gasteiger partial charge in [0.1, 0.15) is 0 Å². The highest BCUT2D eigenvalue weighted by atomic mass is 35.5. The van der Waals surface area contributed by atoms with Crippen molar-refractivity contribution in [3.63, 3.8) is 0 Å². The van der Waals surface area contributed by atoms with Gasteiger partial charge in [-0.05, 0) is 44.9 Å². The highest BCUT2D eigenvalue weighted by molar-refractivity contribution is 6.42. The topological polar surface area (TPSA) is 109 Å². The predicted octanol–water partition coefficient (Wildman–Crippen LogP) is 3.72. The molecule has 1 aliphatic rings. The number of halogens is 2. The number of methoxy groups -OCH3 is 1. The van der Waals surface area contributed by atoms with Crippen LogP contribution in [-0.2, 0) is 28.5 Å². The minimum Gasteiger partial charge on any atom is -0.466 e. The van der Waals surface area contributed by atoms with Crippen molar-refractivity contribution in [3.8, 4) is 0 Å². The van der Waals surface area contributed by atoms with E-state index in [2.05, 4.69) is 5.32 Å². The number of hydrogen-bond acceptors (Lipinski definition) is 8. The van der Waals surface area contributed by atoms with Crippen LogP contribution in [0.4, 0.5) is 0 Å². The van der Waals surface area contributed by atoms with Crippen molar-refractivity contribution in [2.45, 2.75) is 32.6 Å². The van der Waals surface area contributed by atoms with Gasteiger partial charge in [0.2, 0.25) is 0 Å². The van der Waals surface area contributed by atoms with E-state index in [0.717, 1.165) is 6.42 Å². The van der Waals surface area contributed by atoms with Crippen molar-refractivity contribution in [3.05, 3.63) is 56.3 Å². The Hall–Kier alpha value is -2.10. The predicted molar refractivity (Wildman–Crippen MR) is 131 cm³/mol. The number of benzene rings is 1. The molecule has 1 atom stereocenters. The van der Waals surface area contributed by atoms with Crippen LogP contribution in [-0.4, -0.2) is 58.6 Å². The fraction of sp³-hybridized carbons (Fsp3) is 0.500. The molecule has 1 aromatic carbocycles. The van der Waals surface area contributed by atoms with Gasteiger partial charge in [-0.2, -0.15) is 0 Å². The third-order valence-corrected chi connectivity index (χ3v) is 5.99. The molecule has 2 rings (SSSR count). The van der Waals surface area contributed by atoms with E-state index in [9.17, 15) is 9.59 Å². The third kappa shape index (κ3) is 7.20. The van der Waals surface area contributed by atoms with E-state index in [1.165, 1.54) is 7.11 Å². The standard InChI is InChI=1S/C24H32Cl2N2O6/c1-4-34-24(30)21-18(14-33-13-7-12-32-11-6-10-27)28-15(2)19(23(29)31-3)20(21)16-8-5-9-17(25)22(16)26/h5,8-9,20,28H,4,6-7,10-14,27H2,1-3H3/t20-/m1/s1. The first-order chi connectivity index (χ1) is 16.4. The Morgan fingerprint density at radius 2 is 1.76 bits per heavy atom. The molecule has 0 bridgehead atoms. The lowest BCUT2D eigenvalue weighted by molar-refractivity contribution is -0.139. The number of hydrogen-bond donors (Lipinski definition) is 2. The first-order valence-corrected chi connectivity index (χ1v) is 11.9. The molecule has 0 amide bonds. The van der Waals surface area contributed by atoms with Crippen LogP contribution >= 0.6 is 23.2 Å². The van der Waals surface area contributed by atoms with E-state index < -0.39 is 17.9 Å². The van der Waals surface area contributed by atoms with Crippen LogP contribution < -0.4 is 11.1 Å². The maximum absolute atomic E-state index is 13.1. The normalized spacial score (nSPS) is 15.9. The van der Waals surface area contributed by atoms with Crippen LogP contribution in [0, 0.1) is 0 Å². The molecule has 188 valence electrons. The van der Waals surface area contributed by atoms with Crippen LogP contribution in [0.2, 0.25) is 10.0 Å². The van der Waals surface area contributed by atoms with Crippen molar-refractivity contribution >= 4 is 35.1 Å². The number of esters is 2. The Bertz CT molecular complexity index is 932. The summed E-state index contributed by atoms with van der Waals surface area (Å²) < 4.78 is 21.7. The number of rotatable bonds is 13. The summed E-state index contributed by atoms with van der Waals surface area (Å²) in [5.41, 5.74) is 7.40.